The molecule has 170 valence electrons. The number of carbonyl (C=O) groups is 3. The molecular formula is C22H30ClN3O5. The average molecular weight is 452 g/mol. The lowest BCUT2D eigenvalue weighted by Gasteiger charge is -2.33. The average Bonchev–Trinajstić information content (AvgIpc) is 2.79. The van der Waals surface area contributed by atoms with E-state index in [-0.39, 0.29) is 29.7 Å². The van der Waals surface area contributed by atoms with Crippen LogP contribution in [-0.2, 0) is 19.1 Å². The van der Waals surface area contributed by atoms with Gasteiger partial charge in [0.15, 0.2) is 0 Å². The second-order valence-electron chi connectivity index (χ2n) is 7.86. The van der Waals surface area contributed by atoms with Crippen LogP contribution in [0, 0.1) is 11.8 Å². The Morgan fingerprint density at radius 3 is 1.97 bits per heavy atom. The molecule has 3 rings (SSSR count). The molecule has 0 bridgehead atoms. The summed E-state index contributed by atoms with van der Waals surface area (Å²) in [5.41, 5.74) is 0.435. The highest BCUT2D eigenvalue weighted by atomic mass is 35.5. The van der Waals surface area contributed by atoms with Crippen molar-refractivity contribution in [1.82, 2.24) is 9.88 Å². The first-order valence-corrected chi connectivity index (χ1v) is 11.3. The number of amides is 1. The predicted molar refractivity (Wildman–Crippen MR) is 116 cm³/mol. The van der Waals surface area contributed by atoms with E-state index in [1.54, 1.807) is 24.1 Å². The Morgan fingerprint density at radius 1 is 0.968 bits per heavy atom. The van der Waals surface area contributed by atoms with Gasteiger partial charge in [-0.25, -0.2) is 4.98 Å². The molecule has 0 saturated carbocycles. The second-order valence-corrected chi connectivity index (χ2v) is 8.27. The second kappa shape index (κ2) is 10.8. The van der Waals surface area contributed by atoms with E-state index in [0.29, 0.717) is 81.5 Å². The number of ether oxygens (including phenoxy) is 2. The van der Waals surface area contributed by atoms with Gasteiger partial charge >= 0.3 is 11.9 Å². The van der Waals surface area contributed by atoms with E-state index in [2.05, 4.69) is 4.98 Å². The van der Waals surface area contributed by atoms with Crippen molar-refractivity contribution in [2.75, 3.05) is 44.3 Å². The van der Waals surface area contributed by atoms with Crippen LogP contribution in [0.15, 0.2) is 12.3 Å². The van der Waals surface area contributed by atoms with Gasteiger partial charge in [-0.3, -0.25) is 14.4 Å². The minimum Gasteiger partial charge on any atom is -0.466 e. The van der Waals surface area contributed by atoms with Crippen LogP contribution >= 0.6 is 11.6 Å². The zero-order valence-corrected chi connectivity index (χ0v) is 18.9. The van der Waals surface area contributed by atoms with Crippen LogP contribution in [0.5, 0.6) is 0 Å². The number of carbonyl (C=O) groups excluding carboxylic acids is 3. The van der Waals surface area contributed by atoms with Gasteiger partial charge < -0.3 is 19.3 Å². The van der Waals surface area contributed by atoms with Crippen molar-refractivity contribution >= 4 is 35.3 Å². The van der Waals surface area contributed by atoms with Crippen LogP contribution in [0.4, 0.5) is 5.82 Å². The summed E-state index contributed by atoms with van der Waals surface area (Å²) in [4.78, 5) is 44.9. The standard InChI is InChI=1S/C22H30ClN3O5/c1-3-30-21(28)15-5-9-25(10-6-15)19-18(23)13-17(14-24-19)20(27)26-11-7-16(8-12-26)22(29)31-4-2/h13-16H,3-12H2,1-2H3. The third-order valence-electron chi connectivity index (χ3n) is 5.89. The third-order valence-corrected chi connectivity index (χ3v) is 6.16. The van der Waals surface area contributed by atoms with Crippen LogP contribution in [0.1, 0.15) is 49.9 Å². The summed E-state index contributed by atoms with van der Waals surface area (Å²) in [5.74, 6) is -0.0749. The van der Waals surface area contributed by atoms with E-state index < -0.39 is 0 Å². The number of piperidine rings is 2. The highest BCUT2D eigenvalue weighted by Crippen LogP contribution is 2.29. The van der Waals surface area contributed by atoms with Gasteiger partial charge in [-0.1, -0.05) is 11.6 Å². The Hall–Kier alpha value is -2.35. The molecule has 0 aromatic carbocycles. The molecule has 1 amide bonds. The van der Waals surface area contributed by atoms with Crippen molar-refractivity contribution < 1.29 is 23.9 Å². The molecule has 0 N–H and O–H groups in total. The van der Waals surface area contributed by atoms with Gasteiger partial charge in [-0.15, -0.1) is 0 Å². The molecule has 2 aliphatic heterocycles. The zero-order valence-electron chi connectivity index (χ0n) is 18.1. The first-order chi connectivity index (χ1) is 14.9. The summed E-state index contributed by atoms with van der Waals surface area (Å²) in [6, 6.07) is 1.65. The van der Waals surface area contributed by atoms with Crippen molar-refractivity contribution in [3.63, 3.8) is 0 Å². The van der Waals surface area contributed by atoms with Crippen molar-refractivity contribution in [3.8, 4) is 0 Å². The van der Waals surface area contributed by atoms with E-state index >= 15 is 0 Å². The lowest BCUT2D eigenvalue weighted by Crippen LogP contribution is -2.41. The van der Waals surface area contributed by atoms with Crippen LogP contribution in [0.25, 0.3) is 0 Å². The molecule has 31 heavy (non-hydrogen) atoms. The molecule has 0 atom stereocenters. The third kappa shape index (κ3) is 5.67. The maximum atomic E-state index is 12.9. The van der Waals surface area contributed by atoms with Crippen molar-refractivity contribution in [2.24, 2.45) is 11.8 Å². The molecule has 0 radical (unpaired) electrons. The fourth-order valence-corrected chi connectivity index (χ4v) is 4.41. The summed E-state index contributed by atoms with van der Waals surface area (Å²) < 4.78 is 10.2. The summed E-state index contributed by atoms with van der Waals surface area (Å²) in [5, 5.41) is 0.418. The number of nitrogens with zero attached hydrogens (tertiary/aromatic N) is 3. The van der Waals surface area contributed by atoms with Gasteiger partial charge in [0.2, 0.25) is 0 Å². The molecule has 8 nitrogen and oxygen atoms in total. The Labute approximate surface area is 187 Å². The van der Waals surface area contributed by atoms with Gasteiger partial charge in [0.1, 0.15) is 5.82 Å². The summed E-state index contributed by atoms with van der Waals surface area (Å²) in [6.07, 6.45) is 4.12. The molecular weight excluding hydrogens is 422 g/mol. The fraction of sp³-hybridized carbons (Fsp3) is 0.636. The molecule has 2 aliphatic rings. The van der Waals surface area contributed by atoms with Crippen LogP contribution in [-0.4, -0.2) is 67.1 Å². The van der Waals surface area contributed by atoms with E-state index in [4.69, 9.17) is 21.1 Å². The number of halogens is 1. The molecule has 3 heterocycles. The predicted octanol–water partition coefficient (Wildman–Crippen LogP) is 2.93. The molecule has 0 spiro atoms. The largest absolute Gasteiger partial charge is 0.466 e. The minimum atomic E-state index is -0.185. The molecule has 2 saturated heterocycles. The topological polar surface area (TPSA) is 89.0 Å². The maximum Gasteiger partial charge on any atom is 0.309 e. The number of esters is 2. The Bertz CT molecular complexity index is 802. The quantitative estimate of drug-likeness (QED) is 0.614. The molecule has 0 aliphatic carbocycles. The molecule has 0 unspecified atom stereocenters. The van der Waals surface area contributed by atoms with Crippen molar-refractivity contribution in [1.29, 1.82) is 0 Å². The van der Waals surface area contributed by atoms with Crippen LogP contribution < -0.4 is 4.90 Å². The highest BCUT2D eigenvalue weighted by Gasteiger charge is 2.30. The smallest absolute Gasteiger partial charge is 0.309 e. The van der Waals surface area contributed by atoms with E-state index in [1.807, 2.05) is 11.8 Å². The number of hydrogen-bond acceptors (Lipinski definition) is 7. The Balaban J connectivity index is 1.57. The fourth-order valence-electron chi connectivity index (χ4n) is 4.13. The maximum absolute atomic E-state index is 12.9. The van der Waals surface area contributed by atoms with E-state index in [1.165, 1.54) is 0 Å². The number of pyridine rings is 1. The normalized spacial score (nSPS) is 18.0. The number of likely N-dealkylation sites (tertiary alicyclic amines) is 1. The van der Waals surface area contributed by atoms with Crippen molar-refractivity contribution in [2.45, 2.75) is 39.5 Å². The van der Waals surface area contributed by atoms with Gasteiger partial charge in [0.05, 0.1) is 35.6 Å². The number of rotatable bonds is 6. The Morgan fingerprint density at radius 2 is 1.48 bits per heavy atom. The van der Waals surface area contributed by atoms with Crippen LogP contribution in [0.3, 0.4) is 0 Å². The van der Waals surface area contributed by atoms with Gasteiger partial charge in [-0.05, 0) is 45.6 Å². The number of hydrogen-bond donors (Lipinski definition) is 0. The lowest BCUT2D eigenvalue weighted by molar-refractivity contribution is -0.150. The SMILES string of the molecule is CCOC(=O)C1CCN(C(=O)c2cnc(N3CCC(C(=O)OCC)CC3)c(Cl)c2)CC1. The first-order valence-electron chi connectivity index (χ1n) is 11.0. The number of anilines is 1. The molecule has 9 heteroatoms. The summed E-state index contributed by atoms with van der Waals surface area (Å²) >= 11 is 6.47. The zero-order chi connectivity index (χ0) is 22.4. The molecule has 1 aromatic heterocycles. The van der Waals surface area contributed by atoms with Crippen LogP contribution in [0.2, 0.25) is 5.02 Å². The monoisotopic (exact) mass is 451 g/mol. The van der Waals surface area contributed by atoms with Gasteiger partial charge in [0.25, 0.3) is 5.91 Å². The summed E-state index contributed by atoms with van der Waals surface area (Å²) in [6.45, 7) is 6.68. The van der Waals surface area contributed by atoms with E-state index in [9.17, 15) is 14.4 Å². The Kier molecular flexibility index (Phi) is 8.12. The number of aromatic nitrogens is 1. The molecule has 2 fully saturated rings. The first kappa shape index (κ1) is 23.3. The highest BCUT2D eigenvalue weighted by molar-refractivity contribution is 6.33. The lowest BCUT2D eigenvalue weighted by atomic mass is 9.96. The van der Waals surface area contributed by atoms with Gasteiger partial charge in [0, 0.05) is 32.4 Å². The van der Waals surface area contributed by atoms with Crippen molar-refractivity contribution in [3.05, 3.63) is 22.8 Å². The minimum absolute atomic E-state index is 0.0895. The van der Waals surface area contributed by atoms with Gasteiger partial charge in [-0.2, -0.15) is 0 Å². The summed E-state index contributed by atoms with van der Waals surface area (Å²) in [7, 11) is 0. The van der Waals surface area contributed by atoms with E-state index in [0.717, 1.165) is 0 Å². The molecule has 1 aromatic rings.